The number of aryl methyl sites for hydroxylation is 3. The van der Waals surface area contributed by atoms with Gasteiger partial charge >= 0.3 is 5.63 Å². The van der Waals surface area contributed by atoms with Gasteiger partial charge in [0.05, 0.1) is 5.88 Å². The second kappa shape index (κ2) is 4.14. The first kappa shape index (κ1) is 12.3. The Kier molecular flexibility index (Phi) is 2.68. The molecule has 0 amide bonds. The second-order valence-electron chi connectivity index (χ2n) is 4.79. The molecule has 0 atom stereocenters. The molecular formula is C15H13ClO3. The highest BCUT2D eigenvalue weighted by Crippen LogP contribution is 2.34. The van der Waals surface area contributed by atoms with Crippen LogP contribution in [-0.2, 0) is 5.88 Å². The van der Waals surface area contributed by atoms with E-state index >= 15 is 0 Å². The molecule has 0 saturated carbocycles. The maximum Gasteiger partial charge on any atom is 0.336 e. The van der Waals surface area contributed by atoms with Gasteiger partial charge in [-0.1, -0.05) is 0 Å². The highest BCUT2D eigenvalue weighted by molar-refractivity contribution is 6.17. The van der Waals surface area contributed by atoms with Crippen LogP contribution in [0.5, 0.6) is 0 Å². The van der Waals surface area contributed by atoms with Crippen LogP contribution in [0.15, 0.2) is 25.8 Å². The van der Waals surface area contributed by atoms with Crippen LogP contribution in [0.3, 0.4) is 0 Å². The smallest absolute Gasteiger partial charge is 0.336 e. The first-order chi connectivity index (χ1) is 9.02. The van der Waals surface area contributed by atoms with Gasteiger partial charge in [-0.25, -0.2) is 4.79 Å². The van der Waals surface area contributed by atoms with Gasteiger partial charge in [0, 0.05) is 22.4 Å². The molecule has 0 bridgehead atoms. The van der Waals surface area contributed by atoms with Crippen molar-refractivity contribution in [2.45, 2.75) is 26.7 Å². The predicted octanol–water partition coefficient (Wildman–Crippen LogP) is 4.20. The van der Waals surface area contributed by atoms with Gasteiger partial charge in [0.1, 0.15) is 16.9 Å². The van der Waals surface area contributed by atoms with Gasteiger partial charge < -0.3 is 8.83 Å². The summed E-state index contributed by atoms with van der Waals surface area (Å²) >= 11 is 5.88. The first-order valence-electron chi connectivity index (χ1n) is 6.05. The molecular weight excluding hydrogens is 264 g/mol. The van der Waals surface area contributed by atoms with Gasteiger partial charge in [-0.05, 0) is 38.0 Å². The van der Waals surface area contributed by atoms with Crippen molar-refractivity contribution >= 4 is 33.5 Å². The van der Waals surface area contributed by atoms with Crippen LogP contribution in [0.25, 0.3) is 21.9 Å². The standard InChI is InChI=1S/C15H13ClO3/c1-7-4-13(17)19-14-9(3)15-11(5-10(7)14)8(2)12(6-16)18-15/h4-5H,6H2,1-3H3. The van der Waals surface area contributed by atoms with Gasteiger partial charge in [-0.2, -0.15) is 0 Å². The number of fused-ring (bicyclic) bond motifs is 2. The molecule has 4 heteroatoms. The van der Waals surface area contributed by atoms with Crippen molar-refractivity contribution in [2.24, 2.45) is 0 Å². The molecule has 1 aromatic carbocycles. The maximum absolute atomic E-state index is 11.5. The largest absolute Gasteiger partial charge is 0.459 e. The third-order valence-electron chi connectivity index (χ3n) is 3.59. The summed E-state index contributed by atoms with van der Waals surface area (Å²) in [6.07, 6.45) is 0. The molecule has 0 aliphatic heterocycles. The van der Waals surface area contributed by atoms with Crippen LogP contribution in [0, 0.1) is 20.8 Å². The molecule has 3 rings (SSSR count). The SMILES string of the molecule is Cc1cc(=O)oc2c(C)c3oc(CCl)c(C)c3cc12. The summed E-state index contributed by atoms with van der Waals surface area (Å²) in [5.74, 6) is 1.09. The van der Waals surface area contributed by atoms with Crippen molar-refractivity contribution in [3.8, 4) is 0 Å². The lowest BCUT2D eigenvalue weighted by Crippen LogP contribution is -1.99. The zero-order valence-electron chi connectivity index (χ0n) is 11.0. The van der Waals surface area contributed by atoms with E-state index in [-0.39, 0.29) is 5.63 Å². The van der Waals surface area contributed by atoms with E-state index in [1.807, 2.05) is 26.8 Å². The first-order valence-corrected chi connectivity index (χ1v) is 6.58. The molecule has 2 heterocycles. The highest BCUT2D eigenvalue weighted by Gasteiger charge is 2.16. The molecule has 0 unspecified atom stereocenters. The molecule has 3 aromatic rings. The summed E-state index contributed by atoms with van der Waals surface area (Å²) in [7, 11) is 0. The number of alkyl halides is 1. The molecule has 0 radical (unpaired) electrons. The zero-order valence-corrected chi connectivity index (χ0v) is 11.7. The van der Waals surface area contributed by atoms with E-state index in [1.165, 1.54) is 6.07 Å². The van der Waals surface area contributed by atoms with Gasteiger partial charge in [-0.15, -0.1) is 11.6 Å². The van der Waals surface area contributed by atoms with Crippen molar-refractivity contribution in [1.29, 1.82) is 0 Å². The van der Waals surface area contributed by atoms with E-state index in [9.17, 15) is 4.79 Å². The van der Waals surface area contributed by atoms with Crippen molar-refractivity contribution in [3.63, 3.8) is 0 Å². The molecule has 0 saturated heterocycles. The quantitative estimate of drug-likeness (QED) is 0.494. The van der Waals surface area contributed by atoms with Gasteiger partial charge in [-0.3, -0.25) is 0 Å². The molecule has 19 heavy (non-hydrogen) atoms. The Hall–Kier alpha value is -1.74. The Labute approximate surface area is 114 Å². The lowest BCUT2D eigenvalue weighted by molar-refractivity contribution is 0.549. The van der Waals surface area contributed by atoms with E-state index in [0.29, 0.717) is 11.5 Å². The number of benzene rings is 1. The van der Waals surface area contributed by atoms with E-state index in [0.717, 1.165) is 38.8 Å². The van der Waals surface area contributed by atoms with Crippen molar-refractivity contribution in [2.75, 3.05) is 0 Å². The molecule has 2 aromatic heterocycles. The summed E-state index contributed by atoms with van der Waals surface area (Å²) in [4.78, 5) is 11.5. The van der Waals surface area contributed by atoms with Crippen LogP contribution in [-0.4, -0.2) is 0 Å². The number of furan rings is 1. The monoisotopic (exact) mass is 276 g/mol. The number of hydrogen-bond donors (Lipinski definition) is 0. The Balaban J connectivity index is 2.58. The Morgan fingerprint density at radius 3 is 2.37 bits per heavy atom. The van der Waals surface area contributed by atoms with Crippen LogP contribution in [0.4, 0.5) is 0 Å². The maximum atomic E-state index is 11.5. The number of rotatable bonds is 1. The molecule has 3 nitrogen and oxygen atoms in total. The zero-order chi connectivity index (χ0) is 13.7. The average molecular weight is 277 g/mol. The molecule has 0 fully saturated rings. The van der Waals surface area contributed by atoms with E-state index in [2.05, 4.69) is 0 Å². The minimum Gasteiger partial charge on any atom is -0.459 e. The van der Waals surface area contributed by atoms with Crippen LogP contribution < -0.4 is 5.63 Å². The Bertz CT molecular complexity index is 855. The third-order valence-corrected chi connectivity index (χ3v) is 3.83. The van der Waals surface area contributed by atoms with Gasteiger partial charge in [0.15, 0.2) is 0 Å². The minimum absolute atomic E-state index is 0.333. The summed E-state index contributed by atoms with van der Waals surface area (Å²) < 4.78 is 11.1. The molecule has 0 N–H and O–H groups in total. The fraction of sp³-hybridized carbons (Fsp3) is 0.267. The van der Waals surface area contributed by atoms with Crippen LogP contribution >= 0.6 is 11.6 Å². The van der Waals surface area contributed by atoms with Crippen molar-refractivity contribution < 1.29 is 8.83 Å². The van der Waals surface area contributed by atoms with Crippen LogP contribution in [0.2, 0.25) is 0 Å². The summed E-state index contributed by atoms with van der Waals surface area (Å²) in [6.45, 7) is 5.79. The molecule has 0 spiro atoms. The fourth-order valence-electron chi connectivity index (χ4n) is 2.48. The third kappa shape index (κ3) is 1.69. The number of halogens is 1. The number of hydrogen-bond acceptors (Lipinski definition) is 3. The summed E-state index contributed by atoms with van der Waals surface area (Å²) in [6, 6.07) is 3.51. The molecule has 0 aliphatic carbocycles. The van der Waals surface area contributed by atoms with Crippen LogP contribution in [0.1, 0.15) is 22.5 Å². The topological polar surface area (TPSA) is 43.4 Å². The summed E-state index contributed by atoms with van der Waals surface area (Å²) in [5, 5.41) is 1.97. The normalized spacial score (nSPS) is 11.6. The Morgan fingerprint density at radius 1 is 1.00 bits per heavy atom. The average Bonchev–Trinajstić information content (AvgIpc) is 2.69. The van der Waals surface area contributed by atoms with Crippen molar-refractivity contribution in [3.05, 3.63) is 45.0 Å². The lowest BCUT2D eigenvalue weighted by Gasteiger charge is -2.04. The molecule has 0 aliphatic rings. The van der Waals surface area contributed by atoms with E-state index in [4.69, 9.17) is 20.4 Å². The van der Waals surface area contributed by atoms with E-state index < -0.39 is 0 Å². The Morgan fingerprint density at radius 2 is 1.68 bits per heavy atom. The minimum atomic E-state index is -0.340. The van der Waals surface area contributed by atoms with E-state index in [1.54, 1.807) is 0 Å². The van der Waals surface area contributed by atoms with Gasteiger partial charge in [0.2, 0.25) is 0 Å². The molecule has 98 valence electrons. The second-order valence-corrected chi connectivity index (χ2v) is 5.05. The summed E-state index contributed by atoms with van der Waals surface area (Å²) in [5.41, 5.74) is 3.78. The van der Waals surface area contributed by atoms with Crippen molar-refractivity contribution in [1.82, 2.24) is 0 Å². The predicted molar refractivity (Wildman–Crippen MR) is 76.0 cm³/mol. The lowest BCUT2D eigenvalue weighted by atomic mass is 10.0. The fourth-order valence-corrected chi connectivity index (χ4v) is 2.73. The van der Waals surface area contributed by atoms with Gasteiger partial charge in [0.25, 0.3) is 0 Å². The highest BCUT2D eigenvalue weighted by atomic mass is 35.5.